The summed E-state index contributed by atoms with van der Waals surface area (Å²) in [5, 5.41) is 9.81. The summed E-state index contributed by atoms with van der Waals surface area (Å²) in [5.41, 5.74) is 8.60. The van der Waals surface area contributed by atoms with E-state index in [0.717, 1.165) is 5.56 Å². The smallest absolute Gasteiger partial charge is 0.315 e. The number of rotatable bonds is 6. The van der Waals surface area contributed by atoms with Crippen LogP contribution < -0.4 is 24.7 Å². The summed E-state index contributed by atoms with van der Waals surface area (Å²) in [4.78, 5) is 12.4. The second-order valence-corrected chi connectivity index (χ2v) is 7.37. The third-order valence-corrected chi connectivity index (χ3v) is 5.36. The molecule has 1 aliphatic rings. The van der Waals surface area contributed by atoms with Gasteiger partial charge in [-0.3, -0.25) is 4.79 Å². The number of methoxy groups -OCH3 is 2. The van der Waals surface area contributed by atoms with Crippen LogP contribution in [0.5, 0.6) is 23.0 Å². The van der Waals surface area contributed by atoms with Crippen LogP contribution in [0.1, 0.15) is 22.6 Å². The molecule has 4 rings (SSSR count). The normalized spacial score (nSPS) is 14.5. The molecule has 0 amide bonds. The minimum Gasteiger partial charge on any atom is -0.497 e. The first kappa shape index (κ1) is 21.8. The highest BCUT2D eigenvalue weighted by Crippen LogP contribution is 2.46. The van der Waals surface area contributed by atoms with E-state index in [9.17, 15) is 10.1 Å². The molecule has 7 heteroatoms. The van der Waals surface area contributed by atoms with Crippen LogP contribution in [0.3, 0.4) is 0 Å². The van der Waals surface area contributed by atoms with Gasteiger partial charge in [-0.05, 0) is 29.8 Å². The van der Waals surface area contributed by atoms with Gasteiger partial charge in [-0.2, -0.15) is 5.26 Å². The van der Waals surface area contributed by atoms with Gasteiger partial charge >= 0.3 is 5.97 Å². The first-order valence-electron chi connectivity index (χ1n) is 10.2. The molecule has 0 saturated carbocycles. The maximum absolute atomic E-state index is 12.4. The molecule has 3 aromatic rings. The number of hydrogen-bond donors (Lipinski definition) is 1. The number of benzene rings is 3. The first-order chi connectivity index (χ1) is 16.0. The number of carbonyl (C=O) groups is 1. The highest BCUT2D eigenvalue weighted by Gasteiger charge is 2.33. The van der Waals surface area contributed by atoms with E-state index >= 15 is 0 Å². The van der Waals surface area contributed by atoms with Crippen molar-refractivity contribution in [3.8, 4) is 29.1 Å². The fourth-order valence-electron chi connectivity index (χ4n) is 3.81. The number of nitrogens with two attached hydrogens (primary N) is 1. The average Bonchev–Trinajstić information content (AvgIpc) is 2.83. The lowest BCUT2D eigenvalue weighted by Crippen LogP contribution is -2.21. The van der Waals surface area contributed by atoms with Crippen molar-refractivity contribution >= 4 is 5.97 Å². The number of hydrogen-bond acceptors (Lipinski definition) is 7. The molecule has 3 aromatic carbocycles. The van der Waals surface area contributed by atoms with E-state index < -0.39 is 11.9 Å². The molecule has 1 unspecified atom stereocenters. The molecule has 33 heavy (non-hydrogen) atoms. The van der Waals surface area contributed by atoms with Gasteiger partial charge in [0.05, 0.1) is 26.6 Å². The fourth-order valence-corrected chi connectivity index (χ4v) is 3.81. The van der Waals surface area contributed by atoms with Gasteiger partial charge in [0.2, 0.25) is 5.88 Å². The second kappa shape index (κ2) is 9.37. The van der Waals surface area contributed by atoms with Crippen LogP contribution in [-0.4, -0.2) is 20.2 Å². The van der Waals surface area contributed by atoms with E-state index in [4.69, 9.17) is 24.7 Å². The van der Waals surface area contributed by atoms with Crippen molar-refractivity contribution in [3.05, 3.63) is 94.9 Å². The zero-order chi connectivity index (χ0) is 23.4. The van der Waals surface area contributed by atoms with Crippen LogP contribution in [0, 0.1) is 11.3 Å². The minimum absolute atomic E-state index is 0.0207. The molecule has 7 nitrogen and oxygen atoms in total. The lowest BCUT2D eigenvalue weighted by atomic mass is 9.83. The Labute approximate surface area is 191 Å². The van der Waals surface area contributed by atoms with Crippen molar-refractivity contribution in [1.29, 1.82) is 5.26 Å². The monoisotopic (exact) mass is 442 g/mol. The number of ether oxygens (including phenoxy) is 4. The average molecular weight is 442 g/mol. The van der Waals surface area contributed by atoms with Crippen molar-refractivity contribution in [1.82, 2.24) is 0 Å². The molecular weight excluding hydrogens is 420 g/mol. The SMILES string of the molecule is COc1ccc(OC)c(C2C(C#N)=C(N)Oc3cc(OC(=O)Cc4ccccc4)ccc32)c1. The number of fused-ring (bicyclic) bond motifs is 1. The van der Waals surface area contributed by atoms with E-state index in [1.54, 1.807) is 50.6 Å². The molecule has 1 heterocycles. The van der Waals surface area contributed by atoms with E-state index in [-0.39, 0.29) is 17.9 Å². The zero-order valence-electron chi connectivity index (χ0n) is 18.2. The lowest BCUT2D eigenvalue weighted by molar-refractivity contribution is -0.133. The fraction of sp³-hybridized carbons (Fsp3) is 0.154. The van der Waals surface area contributed by atoms with Gasteiger partial charge in [-0.25, -0.2) is 0 Å². The number of carbonyl (C=O) groups excluding carboxylic acids is 1. The van der Waals surface area contributed by atoms with Gasteiger partial charge in [0.25, 0.3) is 0 Å². The van der Waals surface area contributed by atoms with Crippen molar-refractivity contribution in [2.45, 2.75) is 12.3 Å². The van der Waals surface area contributed by atoms with E-state index in [1.165, 1.54) is 0 Å². The Hall–Kier alpha value is -4.44. The minimum atomic E-state index is -0.544. The highest BCUT2D eigenvalue weighted by molar-refractivity contribution is 5.75. The molecule has 166 valence electrons. The van der Waals surface area contributed by atoms with Crippen LogP contribution in [0.4, 0.5) is 0 Å². The molecule has 0 saturated heterocycles. The highest BCUT2D eigenvalue weighted by atomic mass is 16.5. The molecular formula is C26H22N2O5. The van der Waals surface area contributed by atoms with Crippen LogP contribution in [-0.2, 0) is 11.2 Å². The van der Waals surface area contributed by atoms with E-state index in [0.29, 0.717) is 34.1 Å². The summed E-state index contributed by atoms with van der Waals surface area (Å²) < 4.78 is 22.1. The Balaban J connectivity index is 1.69. The Bertz CT molecular complexity index is 1260. The summed E-state index contributed by atoms with van der Waals surface area (Å²) in [6.45, 7) is 0. The zero-order valence-corrected chi connectivity index (χ0v) is 18.2. The van der Waals surface area contributed by atoms with Crippen LogP contribution in [0.2, 0.25) is 0 Å². The van der Waals surface area contributed by atoms with Gasteiger partial charge in [0.1, 0.15) is 34.6 Å². The molecule has 1 atom stereocenters. The Morgan fingerprint density at radius 3 is 2.45 bits per heavy atom. The van der Waals surface area contributed by atoms with Gasteiger partial charge < -0.3 is 24.7 Å². The molecule has 0 fully saturated rings. The topological polar surface area (TPSA) is 104 Å². The molecule has 2 N–H and O–H groups in total. The van der Waals surface area contributed by atoms with Crippen molar-refractivity contribution in [3.63, 3.8) is 0 Å². The van der Waals surface area contributed by atoms with E-state index in [1.807, 2.05) is 30.3 Å². The summed E-state index contributed by atoms with van der Waals surface area (Å²) in [6.07, 6.45) is 0.142. The number of esters is 1. The number of nitriles is 1. The molecule has 0 aromatic heterocycles. The lowest BCUT2D eigenvalue weighted by Gasteiger charge is -2.28. The predicted octanol–water partition coefficient (Wildman–Crippen LogP) is 4.07. The van der Waals surface area contributed by atoms with Crippen molar-refractivity contribution < 1.29 is 23.7 Å². The maximum Gasteiger partial charge on any atom is 0.315 e. The quantitative estimate of drug-likeness (QED) is 0.453. The van der Waals surface area contributed by atoms with Gasteiger partial charge in [0, 0.05) is 17.2 Å². The Kier molecular flexibility index (Phi) is 6.18. The van der Waals surface area contributed by atoms with Crippen LogP contribution >= 0.6 is 0 Å². The third-order valence-electron chi connectivity index (χ3n) is 5.36. The summed E-state index contributed by atoms with van der Waals surface area (Å²) >= 11 is 0. The number of allylic oxidation sites excluding steroid dienone is 1. The third kappa shape index (κ3) is 4.46. The van der Waals surface area contributed by atoms with Gasteiger partial charge in [0.15, 0.2) is 0 Å². The maximum atomic E-state index is 12.4. The second-order valence-electron chi connectivity index (χ2n) is 7.37. The summed E-state index contributed by atoms with van der Waals surface area (Å²) in [5.74, 6) is 0.939. The van der Waals surface area contributed by atoms with E-state index in [2.05, 4.69) is 6.07 Å². The number of nitrogens with zero attached hydrogens (tertiary/aromatic N) is 1. The first-order valence-corrected chi connectivity index (χ1v) is 10.2. The summed E-state index contributed by atoms with van der Waals surface area (Å²) in [7, 11) is 3.12. The van der Waals surface area contributed by atoms with Gasteiger partial charge in [-0.15, -0.1) is 0 Å². The van der Waals surface area contributed by atoms with Crippen molar-refractivity contribution in [2.75, 3.05) is 14.2 Å². The molecule has 0 spiro atoms. The van der Waals surface area contributed by atoms with Gasteiger partial charge in [-0.1, -0.05) is 36.4 Å². The molecule has 0 radical (unpaired) electrons. The van der Waals surface area contributed by atoms with Crippen LogP contribution in [0.15, 0.2) is 78.2 Å². The largest absolute Gasteiger partial charge is 0.497 e. The Morgan fingerprint density at radius 1 is 1.00 bits per heavy atom. The standard InChI is InChI=1S/C26H22N2O5/c1-30-17-9-11-22(31-2)20(13-17)25-19-10-8-18(14-23(19)33-26(28)21(25)15-27)32-24(29)12-16-6-4-3-5-7-16/h3-11,13-14,25H,12,28H2,1-2H3. The summed E-state index contributed by atoms with van der Waals surface area (Å²) in [6, 6.07) is 21.9. The molecule has 0 bridgehead atoms. The molecule has 0 aliphatic carbocycles. The van der Waals surface area contributed by atoms with Crippen molar-refractivity contribution in [2.24, 2.45) is 5.73 Å². The van der Waals surface area contributed by atoms with Crippen LogP contribution in [0.25, 0.3) is 0 Å². The molecule has 1 aliphatic heterocycles. The Morgan fingerprint density at radius 2 is 1.76 bits per heavy atom. The predicted molar refractivity (Wildman–Crippen MR) is 121 cm³/mol.